The molecule has 0 bridgehead atoms. The van der Waals surface area contributed by atoms with Crippen molar-refractivity contribution in [3.05, 3.63) is 123 Å². The Morgan fingerprint density at radius 1 is 1.00 bits per heavy atom. The maximum atomic E-state index is 12.8. The van der Waals surface area contributed by atoms with Crippen LogP contribution in [0, 0.1) is 12.3 Å². The van der Waals surface area contributed by atoms with Gasteiger partial charge in [0, 0.05) is 48.5 Å². The Balaban J connectivity index is 1.84. The monoisotopic (exact) mass is 479 g/mol. The van der Waals surface area contributed by atoms with Gasteiger partial charge in [0.1, 0.15) is 5.82 Å². The Kier molecular flexibility index (Phi) is 5.56. The topological polar surface area (TPSA) is 60.1 Å². The average Bonchev–Trinajstić information content (AvgIpc) is 3.32. The summed E-state index contributed by atoms with van der Waals surface area (Å²) < 4.78 is 3.38. The van der Waals surface area contributed by atoms with Gasteiger partial charge in [0.05, 0.1) is 5.52 Å². The molecule has 5 nitrogen and oxygen atoms in total. The number of imidazole rings is 1. The van der Waals surface area contributed by atoms with E-state index in [0.717, 1.165) is 27.6 Å². The average molecular weight is 480 g/mol. The molecule has 5 rings (SSSR count). The Morgan fingerprint density at radius 3 is 2.43 bits per heavy atom. The summed E-state index contributed by atoms with van der Waals surface area (Å²) in [5.74, 6) is 3.11. The number of rotatable bonds is 4. The molecule has 0 aliphatic carbocycles. The maximum absolute atomic E-state index is 12.8. The second kappa shape index (κ2) is 8.59. The number of benzene rings is 3. The fraction of sp³-hybridized carbons (Fsp3) is 0.103. The summed E-state index contributed by atoms with van der Waals surface area (Å²) in [4.78, 5) is 17.3. The summed E-state index contributed by atoms with van der Waals surface area (Å²) in [5, 5.41) is 13.7. The van der Waals surface area contributed by atoms with Gasteiger partial charge >= 0.3 is 0 Å². The molecule has 1 N–H and O–H groups in total. The molecule has 1 unspecified atom stereocenters. The van der Waals surface area contributed by atoms with E-state index >= 15 is 0 Å². The van der Waals surface area contributed by atoms with E-state index in [-0.39, 0.29) is 5.56 Å². The summed E-state index contributed by atoms with van der Waals surface area (Å²) in [7, 11) is 3.57. The molecule has 0 spiro atoms. The lowest BCUT2D eigenvalue weighted by Gasteiger charge is -2.29. The van der Waals surface area contributed by atoms with Crippen molar-refractivity contribution in [2.45, 2.75) is 5.60 Å². The van der Waals surface area contributed by atoms with Gasteiger partial charge in [0.25, 0.3) is 5.56 Å². The molecule has 2 aromatic heterocycles. The van der Waals surface area contributed by atoms with Crippen LogP contribution in [0.2, 0.25) is 5.02 Å². The lowest BCUT2D eigenvalue weighted by Crippen LogP contribution is -2.32. The van der Waals surface area contributed by atoms with Crippen LogP contribution in [0.5, 0.6) is 0 Å². The molecule has 0 fully saturated rings. The van der Waals surface area contributed by atoms with Crippen molar-refractivity contribution in [1.82, 2.24) is 14.1 Å². The van der Waals surface area contributed by atoms with Gasteiger partial charge in [0.15, 0.2) is 5.60 Å². The molecule has 0 saturated heterocycles. The predicted octanol–water partition coefficient (Wildman–Crippen LogP) is 4.86. The molecule has 6 heteroatoms. The Bertz CT molecular complexity index is 1680. The SMILES string of the molecule is C#Cc1cccc(-c2cc(=O)n(C)c3ccc(C(O)(c4ccc(Cl)cc4)c4nccn4C)cc23)c1. The van der Waals surface area contributed by atoms with Gasteiger partial charge < -0.3 is 14.2 Å². The first-order valence-electron chi connectivity index (χ1n) is 11.0. The number of hydrogen-bond acceptors (Lipinski definition) is 3. The smallest absolute Gasteiger partial charge is 0.251 e. The zero-order valence-corrected chi connectivity index (χ0v) is 20.0. The molecule has 3 aromatic carbocycles. The number of aliphatic hydroxyl groups is 1. The molecule has 0 radical (unpaired) electrons. The summed E-state index contributed by atoms with van der Waals surface area (Å²) in [6.45, 7) is 0. The number of nitrogens with zero attached hydrogens (tertiary/aromatic N) is 3. The normalized spacial score (nSPS) is 12.9. The van der Waals surface area contributed by atoms with Crippen LogP contribution in [0.3, 0.4) is 0 Å². The zero-order valence-electron chi connectivity index (χ0n) is 19.2. The Labute approximate surface area is 207 Å². The van der Waals surface area contributed by atoms with Gasteiger partial charge in [-0.3, -0.25) is 4.79 Å². The van der Waals surface area contributed by atoms with Crippen LogP contribution in [-0.4, -0.2) is 19.2 Å². The highest BCUT2D eigenvalue weighted by Crippen LogP contribution is 2.39. The van der Waals surface area contributed by atoms with Crippen LogP contribution in [0.4, 0.5) is 0 Å². The molecule has 0 amide bonds. The molecule has 0 aliphatic rings. The van der Waals surface area contributed by atoms with Crippen molar-refractivity contribution in [1.29, 1.82) is 0 Å². The van der Waals surface area contributed by atoms with Gasteiger partial charge in [-0.1, -0.05) is 47.9 Å². The van der Waals surface area contributed by atoms with Crippen molar-refractivity contribution in [3.63, 3.8) is 0 Å². The highest BCUT2D eigenvalue weighted by Gasteiger charge is 2.38. The third-order valence-electron chi connectivity index (χ3n) is 6.41. The van der Waals surface area contributed by atoms with Crippen LogP contribution in [-0.2, 0) is 19.7 Å². The Morgan fingerprint density at radius 2 is 1.74 bits per heavy atom. The van der Waals surface area contributed by atoms with E-state index < -0.39 is 5.60 Å². The molecule has 0 saturated carbocycles. The quantitative estimate of drug-likeness (QED) is 0.374. The van der Waals surface area contributed by atoms with E-state index in [2.05, 4.69) is 10.9 Å². The first-order chi connectivity index (χ1) is 16.8. The second-order valence-electron chi connectivity index (χ2n) is 8.49. The third-order valence-corrected chi connectivity index (χ3v) is 6.66. The van der Waals surface area contributed by atoms with Gasteiger partial charge in [-0.05, 0) is 58.7 Å². The van der Waals surface area contributed by atoms with Crippen LogP contribution in [0.25, 0.3) is 22.0 Å². The first kappa shape index (κ1) is 22.7. The Hall–Kier alpha value is -4.11. The van der Waals surface area contributed by atoms with E-state index in [1.807, 2.05) is 49.5 Å². The summed E-state index contributed by atoms with van der Waals surface area (Å²) in [6, 6.07) is 21.8. The molecule has 2 heterocycles. The number of hydrogen-bond donors (Lipinski definition) is 1. The van der Waals surface area contributed by atoms with Gasteiger partial charge in [0.2, 0.25) is 0 Å². The molecule has 172 valence electrons. The number of terminal acetylenes is 1. The van der Waals surface area contributed by atoms with Crippen molar-refractivity contribution in [2.24, 2.45) is 14.1 Å². The number of pyridine rings is 1. The summed E-state index contributed by atoms with van der Waals surface area (Å²) in [5.41, 5.74) is 2.55. The molecular formula is C29H22ClN3O2. The van der Waals surface area contributed by atoms with Crippen molar-refractivity contribution in [2.75, 3.05) is 0 Å². The minimum atomic E-state index is -1.57. The predicted molar refractivity (Wildman–Crippen MR) is 139 cm³/mol. The van der Waals surface area contributed by atoms with Crippen LogP contribution in [0.1, 0.15) is 22.5 Å². The molecule has 0 aliphatic heterocycles. The van der Waals surface area contributed by atoms with Crippen molar-refractivity contribution >= 4 is 22.5 Å². The van der Waals surface area contributed by atoms with Crippen LogP contribution < -0.4 is 5.56 Å². The lowest BCUT2D eigenvalue weighted by molar-refractivity contribution is 0.112. The highest BCUT2D eigenvalue weighted by atomic mass is 35.5. The first-order valence-corrected chi connectivity index (χ1v) is 11.4. The fourth-order valence-corrected chi connectivity index (χ4v) is 4.66. The van der Waals surface area contributed by atoms with E-state index in [1.165, 1.54) is 0 Å². The lowest BCUT2D eigenvalue weighted by atomic mass is 9.84. The van der Waals surface area contributed by atoms with E-state index in [9.17, 15) is 9.90 Å². The minimum Gasteiger partial charge on any atom is -0.373 e. The zero-order chi connectivity index (χ0) is 24.7. The van der Waals surface area contributed by atoms with Gasteiger partial charge in [-0.25, -0.2) is 4.98 Å². The minimum absolute atomic E-state index is 0.136. The van der Waals surface area contributed by atoms with E-state index in [4.69, 9.17) is 18.0 Å². The number of aromatic nitrogens is 3. The van der Waals surface area contributed by atoms with Crippen molar-refractivity contribution < 1.29 is 5.11 Å². The van der Waals surface area contributed by atoms with E-state index in [0.29, 0.717) is 22.0 Å². The molecule has 35 heavy (non-hydrogen) atoms. The van der Waals surface area contributed by atoms with Crippen LogP contribution in [0.15, 0.2) is 90.0 Å². The number of halogens is 1. The number of fused-ring (bicyclic) bond motifs is 1. The van der Waals surface area contributed by atoms with Crippen LogP contribution >= 0.6 is 11.6 Å². The standard InChI is InChI=1S/C29H22ClN3O2/c1-4-19-6-5-7-20(16-19)24-18-27(34)33(3)26-13-10-22(17-25(24)26)29(35,28-31-14-15-32(28)2)21-8-11-23(30)12-9-21/h1,5-18,35H,2-3H3. The summed E-state index contributed by atoms with van der Waals surface area (Å²) in [6.07, 6.45) is 9.06. The van der Waals surface area contributed by atoms with Gasteiger partial charge in [-0.2, -0.15) is 0 Å². The molecule has 5 aromatic rings. The molecule has 1 atom stereocenters. The fourth-order valence-electron chi connectivity index (χ4n) is 4.53. The maximum Gasteiger partial charge on any atom is 0.251 e. The van der Waals surface area contributed by atoms with Crippen molar-refractivity contribution in [3.8, 4) is 23.5 Å². The van der Waals surface area contributed by atoms with E-state index in [1.54, 1.807) is 58.9 Å². The van der Waals surface area contributed by atoms with Gasteiger partial charge in [-0.15, -0.1) is 6.42 Å². The molecular weight excluding hydrogens is 458 g/mol. The number of aryl methyl sites for hydroxylation is 2. The summed E-state index contributed by atoms with van der Waals surface area (Å²) >= 11 is 6.14. The highest BCUT2D eigenvalue weighted by molar-refractivity contribution is 6.30. The third kappa shape index (κ3) is 3.74. The largest absolute Gasteiger partial charge is 0.373 e. The second-order valence-corrected chi connectivity index (χ2v) is 8.93.